The third kappa shape index (κ3) is 1.57. The Kier molecular flexibility index (Phi) is 2.93. The lowest BCUT2D eigenvalue weighted by Gasteiger charge is -2.50. The number of benzene rings is 3. The Morgan fingerprint density at radius 1 is 0.750 bits per heavy atom. The molecule has 0 atom stereocenters. The number of hydrogen-bond acceptors (Lipinski definition) is 2. The van der Waals surface area contributed by atoms with E-state index in [9.17, 15) is 0 Å². The lowest BCUT2D eigenvalue weighted by Crippen LogP contribution is -2.52. The van der Waals surface area contributed by atoms with E-state index in [-0.39, 0.29) is 0 Å². The molecule has 0 unspecified atom stereocenters. The van der Waals surface area contributed by atoms with Crippen LogP contribution < -0.4 is 5.48 Å². The summed E-state index contributed by atoms with van der Waals surface area (Å²) in [4.78, 5) is 5.81. The number of hydrogen-bond donors (Lipinski definition) is 1. The summed E-state index contributed by atoms with van der Waals surface area (Å²) in [5.41, 5.74) is 11.1. The van der Waals surface area contributed by atoms with Gasteiger partial charge in [-0.05, 0) is 40.3 Å². The Morgan fingerprint density at radius 2 is 1.17 bits per heavy atom. The molecule has 0 saturated heterocycles. The molecule has 3 aliphatic carbocycles. The van der Waals surface area contributed by atoms with Gasteiger partial charge in [0.2, 0.25) is 0 Å². The molecule has 0 fully saturated rings. The van der Waals surface area contributed by atoms with Crippen molar-refractivity contribution in [3.8, 4) is 0 Å². The molecule has 1 N–H and O–H groups in total. The first-order chi connectivity index (χ1) is 11.9. The van der Waals surface area contributed by atoms with Crippen LogP contribution >= 0.6 is 0 Å². The first-order valence-corrected chi connectivity index (χ1v) is 8.55. The zero-order valence-corrected chi connectivity index (χ0v) is 13.6. The second-order valence-corrected chi connectivity index (χ2v) is 6.48. The maximum Gasteiger partial charge on any atom is 0.119 e. The highest BCUT2D eigenvalue weighted by molar-refractivity contribution is 5.71. The van der Waals surface area contributed by atoms with Crippen LogP contribution in [0, 0.1) is 0 Å². The average Bonchev–Trinajstić information content (AvgIpc) is 2.66. The minimum atomic E-state index is -0.436. The SMILES string of the molecule is CCONC12c3ccccc3C(c3ccccc31)c1ccccc12. The summed E-state index contributed by atoms with van der Waals surface area (Å²) >= 11 is 0. The van der Waals surface area contributed by atoms with E-state index in [1.807, 2.05) is 6.92 Å². The molecule has 3 aliphatic rings. The van der Waals surface area contributed by atoms with E-state index < -0.39 is 5.54 Å². The summed E-state index contributed by atoms with van der Waals surface area (Å²) < 4.78 is 0. The highest BCUT2D eigenvalue weighted by Gasteiger charge is 2.51. The molecule has 0 saturated carbocycles. The van der Waals surface area contributed by atoms with Crippen LogP contribution in [0.15, 0.2) is 72.8 Å². The third-order valence-electron chi connectivity index (χ3n) is 5.40. The van der Waals surface area contributed by atoms with Gasteiger partial charge in [-0.1, -0.05) is 72.8 Å². The molecule has 6 rings (SSSR count). The monoisotopic (exact) mass is 313 g/mol. The molecule has 24 heavy (non-hydrogen) atoms. The number of rotatable bonds is 3. The van der Waals surface area contributed by atoms with E-state index in [1.54, 1.807) is 0 Å². The van der Waals surface area contributed by atoms with E-state index in [4.69, 9.17) is 4.84 Å². The molecule has 0 aliphatic heterocycles. The first-order valence-electron chi connectivity index (χ1n) is 8.55. The van der Waals surface area contributed by atoms with Crippen molar-refractivity contribution >= 4 is 0 Å². The maximum atomic E-state index is 5.81. The fourth-order valence-electron chi connectivity index (χ4n) is 4.55. The van der Waals surface area contributed by atoms with Gasteiger partial charge in [-0.2, -0.15) is 5.48 Å². The minimum Gasteiger partial charge on any atom is -0.301 e. The van der Waals surface area contributed by atoms with Gasteiger partial charge in [0.05, 0.1) is 6.61 Å². The fraction of sp³-hybridized carbons (Fsp3) is 0.182. The molecule has 118 valence electrons. The van der Waals surface area contributed by atoms with Crippen LogP contribution in [0.5, 0.6) is 0 Å². The maximum absolute atomic E-state index is 5.81. The summed E-state index contributed by atoms with van der Waals surface area (Å²) in [6, 6.07) is 26.3. The second-order valence-electron chi connectivity index (χ2n) is 6.48. The van der Waals surface area contributed by atoms with Crippen LogP contribution in [0.4, 0.5) is 0 Å². The second kappa shape index (κ2) is 5.04. The van der Waals surface area contributed by atoms with Gasteiger partial charge >= 0.3 is 0 Å². The molecular weight excluding hydrogens is 294 g/mol. The standard InChI is InChI=1S/C22H19NO/c1-2-24-23-22-18-12-6-3-9-15(18)21(16-10-4-7-13-19(16)22)17-11-5-8-14-20(17)22/h3-14,21,23H,2H2,1H3. The predicted molar refractivity (Wildman–Crippen MR) is 94.9 cm³/mol. The van der Waals surface area contributed by atoms with E-state index in [0.29, 0.717) is 12.5 Å². The molecule has 0 aromatic heterocycles. The van der Waals surface area contributed by atoms with Crippen molar-refractivity contribution < 1.29 is 4.84 Å². The highest BCUT2D eigenvalue weighted by Crippen LogP contribution is 2.57. The zero-order chi connectivity index (χ0) is 16.1. The Hall–Kier alpha value is -2.42. The van der Waals surface area contributed by atoms with Crippen molar-refractivity contribution in [3.05, 3.63) is 106 Å². The van der Waals surface area contributed by atoms with Crippen molar-refractivity contribution in [1.82, 2.24) is 5.48 Å². The van der Waals surface area contributed by atoms with Crippen molar-refractivity contribution in [3.63, 3.8) is 0 Å². The van der Waals surface area contributed by atoms with Gasteiger partial charge in [-0.25, -0.2) is 0 Å². The minimum absolute atomic E-state index is 0.305. The highest BCUT2D eigenvalue weighted by atomic mass is 16.6. The molecule has 2 nitrogen and oxygen atoms in total. The topological polar surface area (TPSA) is 21.3 Å². The fourth-order valence-corrected chi connectivity index (χ4v) is 4.55. The molecule has 3 aromatic rings. The van der Waals surface area contributed by atoms with Crippen LogP contribution in [0.25, 0.3) is 0 Å². The molecule has 0 spiro atoms. The van der Waals surface area contributed by atoms with Crippen LogP contribution in [-0.4, -0.2) is 6.61 Å². The lowest BCUT2D eigenvalue weighted by atomic mass is 9.57. The van der Waals surface area contributed by atoms with Gasteiger partial charge in [0.15, 0.2) is 0 Å². The summed E-state index contributed by atoms with van der Waals surface area (Å²) in [5.74, 6) is 0.305. The smallest absolute Gasteiger partial charge is 0.119 e. The van der Waals surface area contributed by atoms with E-state index in [0.717, 1.165) is 0 Å². The van der Waals surface area contributed by atoms with Crippen LogP contribution in [-0.2, 0) is 10.4 Å². The third-order valence-corrected chi connectivity index (χ3v) is 5.40. The van der Waals surface area contributed by atoms with Gasteiger partial charge in [-0.3, -0.25) is 0 Å². The summed E-state index contributed by atoms with van der Waals surface area (Å²) in [7, 11) is 0. The molecular formula is C22H19NO. The first kappa shape index (κ1) is 14.0. The van der Waals surface area contributed by atoms with Crippen molar-refractivity contribution in [2.45, 2.75) is 18.4 Å². The van der Waals surface area contributed by atoms with Gasteiger partial charge in [-0.15, -0.1) is 0 Å². The van der Waals surface area contributed by atoms with Crippen molar-refractivity contribution in [2.24, 2.45) is 0 Å². The predicted octanol–water partition coefficient (Wildman–Crippen LogP) is 4.33. The van der Waals surface area contributed by atoms with Gasteiger partial charge in [0, 0.05) is 5.92 Å². The molecule has 0 amide bonds. The number of hydroxylamine groups is 1. The molecule has 0 heterocycles. The average molecular weight is 313 g/mol. The van der Waals surface area contributed by atoms with Gasteiger partial charge in [0.25, 0.3) is 0 Å². The zero-order valence-electron chi connectivity index (χ0n) is 13.6. The summed E-state index contributed by atoms with van der Waals surface area (Å²) in [6.45, 7) is 2.64. The Balaban J connectivity index is 1.92. The van der Waals surface area contributed by atoms with Gasteiger partial charge in [0.1, 0.15) is 5.54 Å². The van der Waals surface area contributed by atoms with E-state index in [2.05, 4.69) is 78.3 Å². The molecule has 2 heteroatoms. The normalized spacial score (nSPS) is 22.6. The Bertz CT molecular complexity index is 815. The van der Waals surface area contributed by atoms with Gasteiger partial charge < -0.3 is 4.84 Å². The molecule has 3 aromatic carbocycles. The number of nitrogens with one attached hydrogen (secondary N) is 1. The Morgan fingerprint density at radius 3 is 1.58 bits per heavy atom. The summed E-state index contributed by atoms with van der Waals surface area (Å²) in [6.07, 6.45) is 0. The van der Waals surface area contributed by atoms with Crippen LogP contribution in [0.1, 0.15) is 46.2 Å². The molecule has 2 bridgehead atoms. The largest absolute Gasteiger partial charge is 0.301 e. The van der Waals surface area contributed by atoms with Crippen LogP contribution in [0.2, 0.25) is 0 Å². The molecule has 0 radical (unpaired) electrons. The Labute approximate surface area is 142 Å². The summed E-state index contributed by atoms with van der Waals surface area (Å²) in [5, 5.41) is 0. The van der Waals surface area contributed by atoms with Crippen LogP contribution in [0.3, 0.4) is 0 Å². The lowest BCUT2D eigenvalue weighted by molar-refractivity contribution is 0.00558. The van der Waals surface area contributed by atoms with Crippen molar-refractivity contribution in [1.29, 1.82) is 0 Å². The van der Waals surface area contributed by atoms with E-state index in [1.165, 1.54) is 33.4 Å². The van der Waals surface area contributed by atoms with Crippen molar-refractivity contribution in [2.75, 3.05) is 6.61 Å². The van der Waals surface area contributed by atoms with E-state index >= 15 is 0 Å². The quantitative estimate of drug-likeness (QED) is 0.727.